The van der Waals surface area contributed by atoms with Crippen molar-refractivity contribution in [3.8, 4) is 11.5 Å². The fourth-order valence-corrected chi connectivity index (χ4v) is 3.09. The van der Waals surface area contributed by atoms with E-state index in [1.54, 1.807) is 19.1 Å². The molecule has 0 unspecified atom stereocenters. The number of amides is 1. The number of anilines is 1. The minimum atomic E-state index is -0.640. The Morgan fingerprint density at radius 1 is 1.31 bits per heavy atom. The Hall–Kier alpha value is -2.20. The first-order valence-corrected chi connectivity index (χ1v) is 9.39. The van der Waals surface area contributed by atoms with Crippen molar-refractivity contribution in [2.75, 3.05) is 25.6 Å². The Balaban J connectivity index is 2.24. The third-order valence-electron chi connectivity index (χ3n) is 3.13. The lowest BCUT2D eigenvalue weighted by atomic mass is 10.2. The molecule has 1 aromatic carbocycles. The van der Waals surface area contributed by atoms with E-state index >= 15 is 0 Å². The van der Waals surface area contributed by atoms with E-state index in [0.29, 0.717) is 28.1 Å². The molecule has 1 heterocycles. The van der Waals surface area contributed by atoms with Crippen LogP contribution in [0.25, 0.3) is 0 Å². The molecule has 1 N–H and O–H groups in total. The van der Waals surface area contributed by atoms with Gasteiger partial charge in [-0.25, -0.2) is 4.79 Å². The first kappa shape index (κ1) is 20.1. The molecule has 0 atom stereocenters. The molecule has 0 aliphatic carbocycles. The van der Waals surface area contributed by atoms with Crippen molar-refractivity contribution >= 4 is 44.3 Å². The lowest BCUT2D eigenvalue weighted by Crippen LogP contribution is -2.15. The highest BCUT2D eigenvalue weighted by molar-refractivity contribution is 9.10. The number of ether oxygens (including phenoxy) is 3. The highest BCUT2D eigenvalue weighted by Gasteiger charge is 2.21. The summed E-state index contributed by atoms with van der Waals surface area (Å²) in [6, 6.07) is 3.17. The molecule has 0 spiro atoms. The molecule has 0 bridgehead atoms. The minimum Gasteiger partial charge on any atom is -0.493 e. The van der Waals surface area contributed by atoms with Gasteiger partial charge in [0.2, 0.25) is 5.69 Å². The number of nitrogens with one attached hydrogen (secondary N) is 1. The second-order valence-corrected chi connectivity index (χ2v) is 6.57. The van der Waals surface area contributed by atoms with Crippen molar-refractivity contribution in [2.24, 2.45) is 0 Å². The predicted molar refractivity (Wildman–Crippen MR) is 100 cm³/mol. The third-order valence-corrected chi connectivity index (χ3v) is 4.36. The molecule has 0 aliphatic heterocycles. The molecular weight excluding hydrogens is 426 g/mol. The molecule has 10 heteroatoms. The highest BCUT2D eigenvalue weighted by Crippen LogP contribution is 2.37. The van der Waals surface area contributed by atoms with Gasteiger partial charge in [0.05, 0.1) is 24.8 Å². The standard InChI is InChI=1S/C16H18BrN3O5S/c1-4-6-25-13-10(17)7-9(8-11(13)23-3)14(21)18-15-12(19-20-26-15)16(22)24-5-2/h7-8H,4-6H2,1-3H3,(H,18,21). The number of carbonyl (C=O) groups is 2. The van der Waals surface area contributed by atoms with E-state index < -0.39 is 11.9 Å². The maximum Gasteiger partial charge on any atom is 0.362 e. The number of halogens is 1. The first-order valence-electron chi connectivity index (χ1n) is 7.82. The lowest BCUT2D eigenvalue weighted by Gasteiger charge is -2.13. The van der Waals surface area contributed by atoms with Crippen LogP contribution in [0, 0.1) is 0 Å². The molecule has 0 aliphatic rings. The number of methoxy groups -OCH3 is 1. The maximum absolute atomic E-state index is 12.6. The summed E-state index contributed by atoms with van der Waals surface area (Å²) in [5.74, 6) is -0.134. The van der Waals surface area contributed by atoms with E-state index in [1.165, 1.54) is 7.11 Å². The Bertz CT molecular complexity index is 796. The summed E-state index contributed by atoms with van der Waals surface area (Å²) in [7, 11) is 1.49. The number of esters is 1. The minimum absolute atomic E-state index is 0.0286. The molecule has 0 fully saturated rings. The summed E-state index contributed by atoms with van der Waals surface area (Å²) in [4.78, 5) is 24.4. The number of aromatic nitrogens is 2. The smallest absolute Gasteiger partial charge is 0.362 e. The lowest BCUT2D eigenvalue weighted by molar-refractivity contribution is 0.0520. The number of benzene rings is 1. The van der Waals surface area contributed by atoms with Crippen molar-refractivity contribution in [1.82, 2.24) is 9.59 Å². The second-order valence-electron chi connectivity index (χ2n) is 4.96. The number of carbonyl (C=O) groups excluding carboxylic acids is 2. The first-order chi connectivity index (χ1) is 12.5. The molecule has 2 rings (SSSR count). The van der Waals surface area contributed by atoms with Crippen molar-refractivity contribution in [3.63, 3.8) is 0 Å². The molecule has 0 saturated heterocycles. The molecule has 140 valence electrons. The zero-order chi connectivity index (χ0) is 19.1. The van der Waals surface area contributed by atoms with Crippen LogP contribution in [0.4, 0.5) is 5.00 Å². The largest absolute Gasteiger partial charge is 0.493 e. The Morgan fingerprint density at radius 2 is 2.08 bits per heavy atom. The van der Waals surface area contributed by atoms with E-state index in [-0.39, 0.29) is 17.3 Å². The van der Waals surface area contributed by atoms with Gasteiger partial charge >= 0.3 is 5.97 Å². The average Bonchev–Trinajstić information content (AvgIpc) is 3.08. The van der Waals surface area contributed by atoms with Crippen molar-refractivity contribution < 1.29 is 23.8 Å². The molecule has 0 saturated carbocycles. The van der Waals surface area contributed by atoms with Crippen LogP contribution in [-0.2, 0) is 4.74 Å². The fourth-order valence-electron chi connectivity index (χ4n) is 1.98. The van der Waals surface area contributed by atoms with Gasteiger partial charge in [-0.1, -0.05) is 11.4 Å². The predicted octanol–water partition coefficient (Wildman–Crippen LogP) is 3.53. The highest BCUT2D eigenvalue weighted by atomic mass is 79.9. The third kappa shape index (κ3) is 4.70. The monoisotopic (exact) mass is 443 g/mol. The van der Waals surface area contributed by atoms with Gasteiger partial charge in [0.25, 0.3) is 5.91 Å². The summed E-state index contributed by atoms with van der Waals surface area (Å²) in [6.07, 6.45) is 0.840. The SMILES string of the molecule is CCCOc1c(Br)cc(C(=O)Nc2snnc2C(=O)OCC)cc1OC. The second kappa shape index (κ2) is 9.48. The van der Waals surface area contributed by atoms with Crippen molar-refractivity contribution in [3.05, 3.63) is 27.9 Å². The molecule has 2 aromatic rings. The maximum atomic E-state index is 12.6. The quantitative estimate of drug-likeness (QED) is 0.622. The van der Waals surface area contributed by atoms with E-state index in [1.807, 2.05) is 6.92 Å². The van der Waals surface area contributed by atoms with Gasteiger partial charge < -0.3 is 19.5 Å². The van der Waals surface area contributed by atoms with E-state index in [2.05, 4.69) is 30.8 Å². The van der Waals surface area contributed by atoms with Crippen LogP contribution >= 0.6 is 27.5 Å². The van der Waals surface area contributed by atoms with Gasteiger partial charge in [0, 0.05) is 17.1 Å². The van der Waals surface area contributed by atoms with Crippen LogP contribution < -0.4 is 14.8 Å². The molecule has 0 radical (unpaired) electrons. The van der Waals surface area contributed by atoms with Gasteiger partial charge in [0.15, 0.2) is 16.5 Å². The Labute approximate surface area is 163 Å². The number of hydrogen-bond acceptors (Lipinski definition) is 8. The summed E-state index contributed by atoms with van der Waals surface area (Å²) in [5, 5.41) is 6.55. The molecule has 8 nitrogen and oxygen atoms in total. The van der Waals surface area contributed by atoms with E-state index in [0.717, 1.165) is 18.0 Å². The Morgan fingerprint density at radius 3 is 2.73 bits per heavy atom. The number of hydrogen-bond donors (Lipinski definition) is 1. The zero-order valence-corrected chi connectivity index (χ0v) is 16.9. The van der Waals surface area contributed by atoms with Crippen molar-refractivity contribution in [2.45, 2.75) is 20.3 Å². The van der Waals surface area contributed by atoms with Crippen molar-refractivity contribution in [1.29, 1.82) is 0 Å². The molecular formula is C16H18BrN3O5S. The van der Waals surface area contributed by atoms with E-state index in [4.69, 9.17) is 14.2 Å². The number of nitrogens with zero attached hydrogens (tertiary/aromatic N) is 2. The normalized spacial score (nSPS) is 10.3. The van der Waals surface area contributed by atoms with E-state index in [9.17, 15) is 9.59 Å². The molecule has 26 heavy (non-hydrogen) atoms. The topological polar surface area (TPSA) is 99.6 Å². The van der Waals surface area contributed by atoms with Gasteiger partial charge in [-0.15, -0.1) is 5.10 Å². The Kier molecular flexibility index (Phi) is 7.34. The van der Waals surface area contributed by atoms with Crippen LogP contribution in [0.1, 0.15) is 41.1 Å². The van der Waals surface area contributed by atoms with Crippen LogP contribution in [0.2, 0.25) is 0 Å². The summed E-state index contributed by atoms with van der Waals surface area (Å²) >= 11 is 4.29. The fraction of sp³-hybridized carbons (Fsp3) is 0.375. The zero-order valence-electron chi connectivity index (χ0n) is 14.5. The van der Waals surface area contributed by atoms with Crippen LogP contribution in [-0.4, -0.2) is 41.8 Å². The van der Waals surface area contributed by atoms with Gasteiger partial charge in [0.1, 0.15) is 0 Å². The summed E-state index contributed by atoms with van der Waals surface area (Å²) in [5.41, 5.74) is 0.292. The van der Waals surface area contributed by atoms with Crippen LogP contribution in [0.5, 0.6) is 11.5 Å². The van der Waals surface area contributed by atoms with Crippen LogP contribution in [0.3, 0.4) is 0 Å². The summed E-state index contributed by atoms with van der Waals surface area (Å²) in [6.45, 7) is 4.40. The molecule has 1 aromatic heterocycles. The van der Waals surface area contributed by atoms with Gasteiger partial charge in [-0.2, -0.15) is 0 Å². The molecule has 1 amide bonds. The average molecular weight is 444 g/mol. The van der Waals surface area contributed by atoms with Crippen LogP contribution in [0.15, 0.2) is 16.6 Å². The summed E-state index contributed by atoms with van der Waals surface area (Å²) < 4.78 is 20.1. The van der Waals surface area contributed by atoms with Gasteiger partial charge in [-0.3, -0.25) is 4.79 Å². The van der Waals surface area contributed by atoms with Gasteiger partial charge in [-0.05, 0) is 41.4 Å². The number of rotatable bonds is 8.